The highest BCUT2D eigenvalue weighted by Crippen LogP contribution is 2.23. The normalized spacial score (nSPS) is 10.8. The van der Waals surface area contributed by atoms with Crippen molar-refractivity contribution in [1.82, 2.24) is 19.6 Å². The highest BCUT2D eigenvalue weighted by atomic mass is 79.9. The summed E-state index contributed by atoms with van der Waals surface area (Å²) in [5.74, 6) is -0.542. The predicted molar refractivity (Wildman–Crippen MR) is 77.4 cm³/mol. The third-order valence-electron chi connectivity index (χ3n) is 2.98. The number of hydrogen-bond acceptors (Lipinski definition) is 5. The molecule has 2 rings (SSSR count). The van der Waals surface area contributed by atoms with E-state index in [2.05, 4.69) is 30.9 Å². The summed E-state index contributed by atoms with van der Waals surface area (Å²) in [6.07, 6.45) is 2.44. The van der Waals surface area contributed by atoms with Gasteiger partial charge in [-0.3, -0.25) is 9.36 Å². The second-order valence-corrected chi connectivity index (χ2v) is 5.10. The van der Waals surface area contributed by atoms with Crippen LogP contribution in [0.2, 0.25) is 0 Å². The van der Waals surface area contributed by atoms with Gasteiger partial charge in [0.2, 0.25) is 0 Å². The first-order chi connectivity index (χ1) is 9.47. The molecule has 0 aliphatic rings. The number of aryl methyl sites for hydroxylation is 2. The van der Waals surface area contributed by atoms with E-state index in [4.69, 9.17) is 5.73 Å². The smallest absolute Gasteiger partial charge is 0.360 e. The Hall–Kier alpha value is -1.83. The van der Waals surface area contributed by atoms with E-state index in [1.165, 1.54) is 7.11 Å². The van der Waals surface area contributed by atoms with Gasteiger partial charge < -0.3 is 10.5 Å². The Bertz CT molecular complexity index is 647. The first-order valence-electron chi connectivity index (χ1n) is 6.09. The second-order valence-electron chi connectivity index (χ2n) is 4.31. The molecule has 0 spiro atoms. The highest BCUT2D eigenvalue weighted by molar-refractivity contribution is 9.10. The zero-order valence-electron chi connectivity index (χ0n) is 11.6. The molecule has 0 saturated carbocycles. The molecule has 0 saturated heterocycles. The van der Waals surface area contributed by atoms with Gasteiger partial charge in [-0.25, -0.2) is 4.79 Å². The summed E-state index contributed by atoms with van der Waals surface area (Å²) in [5, 5.41) is 8.56. The molecule has 108 valence electrons. The number of nitrogens with zero attached hydrogens (tertiary/aromatic N) is 4. The van der Waals surface area contributed by atoms with E-state index in [1.807, 2.05) is 14.0 Å². The van der Waals surface area contributed by atoms with Crippen LogP contribution in [-0.4, -0.2) is 32.6 Å². The van der Waals surface area contributed by atoms with Crippen LogP contribution in [0.4, 0.5) is 5.69 Å². The van der Waals surface area contributed by atoms with Crippen LogP contribution >= 0.6 is 15.9 Å². The Labute approximate surface area is 124 Å². The van der Waals surface area contributed by atoms with E-state index in [0.717, 1.165) is 22.3 Å². The predicted octanol–water partition coefficient (Wildman–Crippen LogP) is 1.36. The number of anilines is 1. The molecule has 0 fully saturated rings. The van der Waals surface area contributed by atoms with Crippen LogP contribution in [0, 0.1) is 0 Å². The number of hydrogen-bond donors (Lipinski definition) is 1. The maximum absolute atomic E-state index is 11.5. The first kappa shape index (κ1) is 14.6. The van der Waals surface area contributed by atoms with Crippen LogP contribution < -0.4 is 5.73 Å². The fraction of sp³-hybridized carbons (Fsp3) is 0.417. The molecular formula is C12H16BrN5O2. The van der Waals surface area contributed by atoms with E-state index in [0.29, 0.717) is 12.2 Å². The molecule has 20 heavy (non-hydrogen) atoms. The van der Waals surface area contributed by atoms with Crippen LogP contribution in [-0.2, 0) is 24.8 Å². The molecule has 0 atom stereocenters. The number of ether oxygens (including phenoxy) is 1. The lowest BCUT2D eigenvalue weighted by Crippen LogP contribution is -2.09. The second kappa shape index (κ2) is 5.66. The lowest BCUT2D eigenvalue weighted by molar-refractivity contribution is 0.0594. The zero-order chi connectivity index (χ0) is 14.9. The number of aromatic nitrogens is 4. The van der Waals surface area contributed by atoms with Crippen molar-refractivity contribution in [3.8, 4) is 0 Å². The molecule has 2 aromatic heterocycles. The number of carbonyl (C=O) groups is 1. The van der Waals surface area contributed by atoms with Crippen LogP contribution in [0.5, 0.6) is 0 Å². The molecule has 0 aromatic carbocycles. The van der Waals surface area contributed by atoms with Crippen LogP contribution in [0.25, 0.3) is 0 Å². The van der Waals surface area contributed by atoms with Gasteiger partial charge in [0.15, 0.2) is 5.69 Å². The summed E-state index contributed by atoms with van der Waals surface area (Å²) in [7, 11) is 3.17. The van der Waals surface area contributed by atoms with Gasteiger partial charge in [0.25, 0.3) is 0 Å². The zero-order valence-corrected chi connectivity index (χ0v) is 13.1. The van der Waals surface area contributed by atoms with Gasteiger partial charge in [0.1, 0.15) is 0 Å². The average Bonchev–Trinajstić information content (AvgIpc) is 2.92. The van der Waals surface area contributed by atoms with Crippen molar-refractivity contribution in [2.24, 2.45) is 7.05 Å². The van der Waals surface area contributed by atoms with Gasteiger partial charge in [-0.1, -0.05) is 6.92 Å². The first-order valence-corrected chi connectivity index (χ1v) is 6.88. The van der Waals surface area contributed by atoms with Gasteiger partial charge in [0.05, 0.1) is 35.2 Å². The molecule has 7 nitrogen and oxygen atoms in total. The Balaban J connectivity index is 2.31. The Morgan fingerprint density at radius 1 is 1.50 bits per heavy atom. The van der Waals surface area contributed by atoms with Crippen molar-refractivity contribution in [3.05, 3.63) is 27.8 Å². The monoisotopic (exact) mass is 341 g/mol. The number of esters is 1. The highest BCUT2D eigenvalue weighted by Gasteiger charge is 2.18. The van der Waals surface area contributed by atoms with Crippen molar-refractivity contribution in [3.63, 3.8) is 0 Å². The molecule has 0 unspecified atom stereocenters. The third kappa shape index (κ3) is 2.55. The Morgan fingerprint density at radius 2 is 2.20 bits per heavy atom. The summed E-state index contributed by atoms with van der Waals surface area (Å²) in [4.78, 5) is 11.5. The van der Waals surface area contributed by atoms with Crippen LogP contribution in [0.1, 0.15) is 28.8 Å². The molecule has 0 amide bonds. The van der Waals surface area contributed by atoms with E-state index in [-0.39, 0.29) is 5.69 Å². The van der Waals surface area contributed by atoms with Crippen molar-refractivity contribution in [1.29, 1.82) is 0 Å². The molecular weight excluding hydrogens is 326 g/mol. The Morgan fingerprint density at radius 3 is 2.75 bits per heavy atom. The topological polar surface area (TPSA) is 88.0 Å². The van der Waals surface area contributed by atoms with Gasteiger partial charge in [-0.05, 0) is 22.4 Å². The molecule has 0 aliphatic heterocycles. The summed E-state index contributed by atoms with van der Waals surface area (Å²) in [6, 6.07) is 0. The van der Waals surface area contributed by atoms with Gasteiger partial charge in [0, 0.05) is 13.2 Å². The van der Waals surface area contributed by atoms with E-state index < -0.39 is 5.97 Å². The summed E-state index contributed by atoms with van der Waals surface area (Å²) in [5.41, 5.74) is 8.13. The van der Waals surface area contributed by atoms with Crippen LogP contribution in [0.15, 0.2) is 10.7 Å². The summed E-state index contributed by atoms with van der Waals surface area (Å²) in [6.45, 7) is 2.50. The van der Waals surface area contributed by atoms with E-state index >= 15 is 0 Å². The maximum atomic E-state index is 11.5. The van der Waals surface area contributed by atoms with Gasteiger partial charge >= 0.3 is 5.97 Å². The summed E-state index contributed by atoms with van der Waals surface area (Å²) < 4.78 is 8.97. The molecule has 8 heteroatoms. The van der Waals surface area contributed by atoms with Crippen molar-refractivity contribution in [2.75, 3.05) is 12.8 Å². The molecule has 2 N–H and O–H groups in total. The number of carbonyl (C=O) groups excluding carboxylic acids is 1. The average molecular weight is 342 g/mol. The number of rotatable bonds is 4. The molecule has 2 heterocycles. The van der Waals surface area contributed by atoms with Crippen molar-refractivity contribution >= 4 is 27.6 Å². The number of methoxy groups -OCH3 is 1. The minimum Gasteiger partial charge on any atom is -0.464 e. The van der Waals surface area contributed by atoms with Gasteiger partial charge in [-0.15, -0.1) is 0 Å². The van der Waals surface area contributed by atoms with Crippen molar-refractivity contribution < 1.29 is 9.53 Å². The Kier molecular flexibility index (Phi) is 4.12. The van der Waals surface area contributed by atoms with Crippen molar-refractivity contribution in [2.45, 2.75) is 19.9 Å². The molecule has 0 radical (unpaired) electrons. The van der Waals surface area contributed by atoms with Gasteiger partial charge in [-0.2, -0.15) is 10.2 Å². The fourth-order valence-corrected chi connectivity index (χ4v) is 2.66. The fourth-order valence-electron chi connectivity index (χ4n) is 1.92. The van der Waals surface area contributed by atoms with E-state index in [1.54, 1.807) is 15.6 Å². The third-order valence-corrected chi connectivity index (χ3v) is 3.90. The SMILES string of the molecule is CCc1nn(C)c(Cn2cc(N)c(C(=O)OC)n2)c1Br. The number of nitrogens with two attached hydrogens (primary N) is 1. The maximum Gasteiger partial charge on any atom is 0.360 e. The number of halogens is 1. The lowest BCUT2D eigenvalue weighted by atomic mass is 10.3. The number of nitrogen functional groups attached to an aromatic ring is 1. The lowest BCUT2D eigenvalue weighted by Gasteiger charge is -2.03. The van der Waals surface area contributed by atoms with Crippen LogP contribution in [0.3, 0.4) is 0 Å². The molecule has 0 bridgehead atoms. The molecule has 2 aromatic rings. The molecule has 0 aliphatic carbocycles. The minimum atomic E-state index is -0.542. The largest absolute Gasteiger partial charge is 0.464 e. The standard InChI is InChI=1S/C12H16BrN5O2/c1-4-8-10(13)9(17(2)15-8)6-18-5-7(14)11(16-18)12(19)20-3/h5H,4,6,14H2,1-3H3. The van der Waals surface area contributed by atoms with E-state index in [9.17, 15) is 4.79 Å². The summed E-state index contributed by atoms with van der Waals surface area (Å²) >= 11 is 3.54. The minimum absolute atomic E-state index is 0.126. The quantitative estimate of drug-likeness (QED) is 0.848.